The summed E-state index contributed by atoms with van der Waals surface area (Å²) >= 11 is 0. The molecule has 102 valence electrons. The Kier molecular flexibility index (Phi) is 2.90. The Balaban J connectivity index is 2.17. The number of nitrogen functional groups attached to an aromatic ring is 1. The minimum Gasteiger partial charge on any atom is -0.465 e. The molecule has 0 radical (unpaired) electrons. The van der Waals surface area contributed by atoms with E-state index in [1.165, 1.54) is 19.4 Å². The van der Waals surface area contributed by atoms with Gasteiger partial charge in [0.2, 0.25) is 6.79 Å². The maximum atomic E-state index is 11.7. The molecule has 0 unspecified atom stereocenters. The van der Waals surface area contributed by atoms with Gasteiger partial charge in [-0.1, -0.05) is 6.07 Å². The van der Waals surface area contributed by atoms with Crippen LogP contribution in [-0.2, 0) is 4.74 Å². The number of pyridine rings is 1. The van der Waals surface area contributed by atoms with Crippen LogP contribution in [0, 0.1) is 0 Å². The summed E-state index contributed by atoms with van der Waals surface area (Å²) < 4.78 is 15.4. The van der Waals surface area contributed by atoms with E-state index < -0.39 is 5.97 Å². The molecule has 0 fully saturated rings. The Morgan fingerprint density at radius 2 is 2.20 bits per heavy atom. The Morgan fingerprint density at radius 3 is 3.00 bits per heavy atom. The molecular formula is C14H12N2O4. The molecule has 0 atom stereocenters. The van der Waals surface area contributed by atoms with Crippen LogP contribution in [0.25, 0.3) is 11.3 Å². The van der Waals surface area contributed by atoms with Gasteiger partial charge in [0.15, 0.2) is 11.5 Å². The molecule has 3 rings (SSSR count). The Labute approximate surface area is 115 Å². The zero-order valence-electron chi connectivity index (χ0n) is 10.8. The van der Waals surface area contributed by atoms with Crippen molar-refractivity contribution in [2.75, 3.05) is 19.6 Å². The van der Waals surface area contributed by atoms with Crippen molar-refractivity contribution in [3.05, 3.63) is 36.0 Å². The van der Waals surface area contributed by atoms with Crippen molar-refractivity contribution in [1.82, 2.24) is 4.98 Å². The average Bonchev–Trinajstić information content (AvgIpc) is 2.95. The third-order valence-corrected chi connectivity index (χ3v) is 3.05. The first kappa shape index (κ1) is 12.3. The third kappa shape index (κ3) is 1.82. The lowest BCUT2D eigenvalue weighted by molar-refractivity contribution is 0.0602. The van der Waals surface area contributed by atoms with Crippen LogP contribution in [-0.4, -0.2) is 24.9 Å². The first-order valence-corrected chi connectivity index (χ1v) is 5.94. The molecule has 0 saturated heterocycles. The summed E-state index contributed by atoms with van der Waals surface area (Å²) in [5.41, 5.74) is 7.70. The Bertz CT molecular complexity index is 685. The number of aromatic nitrogens is 1. The van der Waals surface area contributed by atoms with Crippen molar-refractivity contribution < 1.29 is 19.0 Å². The SMILES string of the molecule is COC(=O)c1ccnc(-c2cccc3c2OCO3)c1N. The first-order chi connectivity index (χ1) is 9.72. The fourth-order valence-corrected chi connectivity index (χ4v) is 2.09. The van der Waals surface area contributed by atoms with Gasteiger partial charge in [-0.3, -0.25) is 4.98 Å². The highest BCUT2D eigenvalue weighted by Gasteiger charge is 2.22. The molecule has 0 spiro atoms. The topological polar surface area (TPSA) is 83.7 Å². The minimum absolute atomic E-state index is 0.156. The van der Waals surface area contributed by atoms with Crippen LogP contribution in [0.3, 0.4) is 0 Å². The van der Waals surface area contributed by atoms with Crippen molar-refractivity contribution in [3.63, 3.8) is 0 Å². The van der Waals surface area contributed by atoms with Crippen LogP contribution >= 0.6 is 0 Å². The molecule has 1 aliphatic heterocycles. The maximum Gasteiger partial charge on any atom is 0.340 e. The molecule has 0 bridgehead atoms. The summed E-state index contributed by atoms with van der Waals surface area (Å²) in [6.45, 7) is 0.156. The predicted molar refractivity (Wildman–Crippen MR) is 71.5 cm³/mol. The number of benzene rings is 1. The van der Waals surface area contributed by atoms with Crippen LogP contribution in [0.4, 0.5) is 5.69 Å². The number of para-hydroxylation sites is 1. The second-order valence-corrected chi connectivity index (χ2v) is 4.15. The molecule has 1 aromatic carbocycles. The van der Waals surface area contributed by atoms with Crippen LogP contribution in [0.5, 0.6) is 11.5 Å². The van der Waals surface area contributed by atoms with E-state index >= 15 is 0 Å². The number of hydrogen-bond donors (Lipinski definition) is 1. The highest BCUT2D eigenvalue weighted by atomic mass is 16.7. The molecule has 1 aliphatic rings. The van der Waals surface area contributed by atoms with Gasteiger partial charge >= 0.3 is 5.97 Å². The number of ether oxygens (including phenoxy) is 3. The quantitative estimate of drug-likeness (QED) is 0.840. The van der Waals surface area contributed by atoms with E-state index in [1.807, 2.05) is 12.1 Å². The summed E-state index contributed by atoms with van der Waals surface area (Å²) in [4.78, 5) is 15.9. The number of rotatable bonds is 2. The second kappa shape index (κ2) is 4.73. The zero-order chi connectivity index (χ0) is 14.1. The highest BCUT2D eigenvalue weighted by Crippen LogP contribution is 2.42. The van der Waals surface area contributed by atoms with Crippen LogP contribution in [0.1, 0.15) is 10.4 Å². The summed E-state index contributed by atoms with van der Waals surface area (Å²) in [6.07, 6.45) is 1.51. The average molecular weight is 272 g/mol. The van der Waals surface area contributed by atoms with E-state index in [-0.39, 0.29) is 18.0 Å². The van der Waals surface area contributed by atoms with Crippen LogP contribution < -0.4 is 15.2 Å². The Hall–Kier alpha value is -2.76. The van der Waals surface area contributed by atoms with Gasteiger partial charge < -0.3 is 19.9 Å². The van der Waals surface area contributed by atoms with Crippen molar-refractivity contribution in [2.45, 2.75) is 0 Å². The van der Waals surface area contributed by atoms with E-state index in [2.05, 4.69) is 4.98 Å². The second-order valence-electron chi connectivity index (χ2n) is 4.15. The summed E-state index contributed by atoms with van der Waals surface area (Å²) in [6, 6.07) is 6.94. The lowest BCUT2D eigenvalue weighted by atomic mass is 10.1. The van der Waals surface area contributed by atoms with Crippen molar-refractivity contribution in [1.29, 1.82) is 0 Å². The molecule has 6 heteroatoms. The molecule has 0 saturated carbocycles. The molecule has 1 aromatic heterocycles. The van der Waals surface area contributed by atoms with Gasteiger partial charge in [0.25, 0.3) is 0 Å². The van der Waals surface area contributed by atoms with Gasteiger partial charge in [-0.05, 0) is 18.2 Å². The van der Waals surface area contributed by atoms with Crippen molar-refractivity contribution in [3.8, 4) is 22.8 Å². The molecule has 0 amide bonds. The number of hydrogen-bond acceptors (Lipinski definition) is 6. The molecule has 20 heavy (non-hydrogen) atoms. The fraction of sp³-hybridized carbons (Fsp3) is 0.143. The Morgan fingerprint density at radius 1 is 1.35 bits per heavy atom. The molecule has 6 nitrogen and oxygen atoms in total. The third-order valence-electron chi connectivity index (χ3n) is 3.05. The summed E-state index contributed by atoms with van der Waals surface area (Å²) in [5.74, 6) is 0.705. The van der Waals surface area contributed by atoms with Gasteiger partial charge in [-0.25, -0.2) is 4.79 Å². The van der Waals surface area contributed by atoms with Gasteiger partial charge in [0.1, 0.15) is 0 Å². The normalized spacial score (nSPS) is 12.2. The lowest BCUT2D eigenvalue weighted by Crippen LogP contribution is -2.07. The van der Waals surface area contributed by atoms with Crippen molar-refractivity contribution >= 4 is 11.7 Å². The minimum atomic E-state index is -0.504. The molecule has 0 aliphatic carbocycles. The summed E-state index contributed by atoms with van der Waals surface area (Å²) in [5, 5.41) is 0. The van der Waals surface area contributed by atoms with E-state index in [1.54, 1.807) is 6.07 Å². The molecular weight excluding hydrogens is 260 g/mol. The molecule has 2 heterocycles. The number of carbonyl (C=O) groups is 1. The largest absolute Gasteiger partial charge is 0.465 e. The fourth-order valence-electron chi connectivity index (χ4n) is 2.09. The maximum absolute atomic E-state index is 11.7. The van der Waals surface area contributed by atoms with Gasteiger partial charge in [0.05, 0.1) is 24.1 Å². The molecule has 2 aromatic rings. The van der Waals surface area contributed by atoms with E-state index in [0.717, 1.165) is 0 Å². The van der Waals surface area contributed by atoms with Crippen LogP contribution in [0.2, 0.25) is 0 Å². The predicted octanol–water partition coefficient (Wildman–Crippen LogP) is 1.85. The highest BCUT2D eigenvalue weighted by molar-refractivity contribution is 5.99. The van der Waals surface area contributed by atoms with E-state index in [9.17, 15) is 4.79 Å². The van der Waals surface area contributed by atoms with E-state index in [0.29, 0.717) is 22.8 Å². The van der Waals surface area contributed by atoms with Gasteiger partial charge in [0, 0.05) is 11.8 Å². The standard InChI is InChI=1S/C14H12N2O4/c1-18-14(17)8-5-6-16-12(11(8)15)9-3-2-4-10-13(9)20-7-19-10/h2-6H,7,15H2,1H3. The number of nitrogens with two attached hydrogens (primary N) is 1. The number of esters is 1. The van der Waals surface area contributed by atoms with Gasteiger partial charge in [-0.15, -0.1) is 0 Å². The molecule has 2 N–H and O–H groups in total. The van der Waals surface area contributed by atoms with Crippen molar-refractivity contribution in [2.24, 2.45) is 0 Å². The lowest BCUT2D eigenvalue weighted by Gasteiger charge is -2.10. The smallest absolute Gasteiger partial charge is 0.340 e. The number of methoxy groups -OCH3 is 1. The number of nitrogens with zero attached hydrogens (tertiary/aromatic N) is 1. The number of fused-ring (bicyclic) bond motifs is 1. The number of anilines is 1. The van der Waals surface area contributed by atoms with Gasteiger partial charge in [-0.2, -0.15) is 0 Å². The van der Waals surface area contributed by atoms with E-state index in [4.69, 9.17) is 19.9 Å². The number of carbonyl (C=O) groups excluding carboxylic acids is 1. The summed E-state index contributed by atoms with van der Waals surface area (Å²) in [7, 11) is 1.30. The van der Waals surface area contributed by atoms with Crippen LogP contribution in [0.15, 0.2) is 30.5 Å². The monoisotopic (exact) mass is 272 g/mol. The zero-order valence-corrected chi connectivity index (χ0v) is 10.8. The first-order valence-electron chi connectivity index (χ1n) is 5.94.